The highest BCUT2D eigenvalue weighted by Gasteiger charge is 2.18. The Balaban J connectivity index is 1.19. The normalized spacial score (nSPS) is 13.8. The molecule has 0 aromatic heterocycles. The van der Waals surface area contributed by atoms with Crippen molar-refractivity contribution < 1.29 is 23.6 Å². The molecule has 0 bridgehead atoms. The van der Waals surface area contributed by atoms with Crippen LogP contribution < -0.4 is 20.1 Å². The molecule has 0 fully saturated rings. The lowest BCUT2D eigenvalue weighted by molar-refractivity contribution is 0.0975. The minimum Gasteiger partial charge on any atom is -0.593 e. The molecule has 1 heterocycles. The summed E-state index contributed by atoms with van der Waals surface area (Å²) in [6, 6.07) is 19.0. The van der Waals surface area contributed by atoms with Crippen LogP contribution in [-0.4, -0.2) is 48.4 Å². The van der Waals surface area contributed by atoms with E-state index in [0.717, 1.165) is 92.9 Å². The van der Waals surface area contributed by atoms with E-state index in [1.54, 1.807) is 12.1 Å². The minimum absolute atomic E-state index is 0.316. The maximum Gasteiger partial charge on any atom is 0.292 e. The van der Waals surface area contributed by atoms with Crippen molar-refractivity contribution in [2.24, 2.45) is 11.7 Å². The van der Waals surface area contributed by atoms with Gasteiger partial charge in [0.1, 0.15) is 11.5 Å². The number of anilines is 1. The van der Waals surface area contributed by atoms with Crippen LogP contribution in [0.2, 0.25) is 5.02 Å². The molecule has 2 atom stereocenters. The standard InChI is InChI=1S/C40H52ClN3O5S/c1-3-30(12-7-5-6-10-25-50(47)43-40(46)34-17-16-32-21-24-48-29-35(32)27-34)20-22-44(4-2)37-28-33(39(42)45)18-19-38(37)49-23-9-8-13-31-14-11-15-36(41)26-31/h5,7,11,14-19,26-28,30H,3-4,6,8-10,12-13,20-25,29H2,1-2H3,(H2,42,45)(H,43,46)/b7-5+/t30-,50?/m0/s1. The Morgan fingerprint density at radius 1 is 1.06 bits per heavy atom. The molecular formula is C40H52ClN3O5S. The number of carbonyl (C=O) groups is 2. The average Bonchev–Trinajstić information content (AvgIpc) is 3.12. The van der Waals surface area contributed by atoms with E-state index in [1.807, 2.05) is 42.5 Å². The van der Waals surface area contributed by atoms with Crippen molar-refractivity contribution in [1.29, 1.82) is 0 Å². The Morgan fingerprint density at radius 2 is 1.90 bits per heavy atom. The van der Waals surface area contributed by atoms with Gasteiger partial charge in [-0.1, -0.05) is 55.3 Å². The van der Waals surface area contributed by atoms with Crippen molar-refractivity contribution in [3.05, 3.63) is 106 Å². The number of hydrogen-bond acceptors (Lipinski definition) is 6. The summed E-state index contributed by atoms with van der Waals surface area (Å²) in [6.07, 6.45) is 12.5. The molecule has 8 nitrogen and oxygen atoms in total. The number of primary amides is 1. The Labute approximate surface area is 306 Å². The number of carbonyl (C=O) groups excluding carboxylic acids is 2. The molecule has 0 aliphatic carbocycles. The molecule has 3 N–H and O–H groups in total. The molecule has 0 spiro atoms. The van der Waals surface area contributed by atoms with Crippen LogP contribution >= 0.6 is 11.6 Å². The third kappa shape index (κ3) is 12.7. The van der Waals surface area contributed by atoms with Crippen molar-refractivity contribution in [2.75, 3.05) is 37.0 Å². The molecule has 0 saturated heterocycles. The quantitative estimate of drug-likeness (QED) is 0.0655. The summed E-state index contributed by atoms with van der Waals surface area (Å²) in [5, 5.41) is 0.755. The Kier molecular flexibility index (Phi) is 16.5. The van der Waals surface area contributed by atoms with Crippen LogP contribution in [0.5, 0.6) is 5.75 Å². The Morgan fingerprint density at radius 3 is 2.68 bits per heavy atom. The molecule has 10 heteroatoms. The molecule has 0 radical (unpaired) electrons. The average molecular weight is 722 g/mol. The number of rotatable bonds is 21. The van der Waals surface area contributed by atoms with Crippen molar-refractivity contribution >= 4 is 40.5 Å². The summed E-state index contributed by atoms with van der Waals surface area (Å²) >= 11 is 4.69. The van der Waals surface area contributed by atoms with Gasteiger partial charge in [-0.2, -0.15) is 4.72 Å². The second-order valence-corrected chi connectivity index (χ2v) is 14.5. The highest BCUT2D eigenvalue weighted by atomic mass is 35.5. The summed E-state index contributed by atoms with van der Waals surface area (Å²) in [6.45, 7) is 7.71. The molecule has 50 heavy (non-hydrogen) atoms. The van der Waals surface area contributed by atoms with Crippen LogP contribution in [0.25, 0.3) is 0 Å². The first kappa shape index (κ1) is 39.3. The molecule has 1 unspecified atom stereocenters. The fourth-order valence-corrected chi connectivity index (χ4v) is 7.15. The van der Waals surface area contributed by atoms with Gasteiger partial charge in [0, 0.05) is 29.2 Å². The van der Waals surface area contributed by atoms with Crippen LogP contribution in [0.4, 0.5) is 5.69 Å². The highest BCUT2D eigenvalue weighted by molar-refractivity contribution is 7.90. The van der Waals surface area contributed by atoms with E-state index in [0.29, 0.717) is 42.6 Å². The van der Waals surface area contributed by atoms with Gasteiger partial charge in [0.05, 0.1) is 36.9 Å². The third-order valence-corrected chi connectivity index (χ3v) is 10.4. The number of unbranched alkanes of at least 4 members (excludes halogenated alkanes) is 2. The number of hydrogen-bond donors (Lipinski definition) is 2. The second kappa shape index (κ2) is 21.0. The summed E-state index contributed by atoms with van der Waals surface area (Å²) in [5.74, 6) is 0.889. The van der Waals surface area contributed by atoms with Gasteiger partial charge in [0.2, 0.25) is 5.91 Å². The molecule has 1 aliphatic rings. The van der Waals surface area contributed by atoms with Gasteiger partial charge < -0.3 is 24.7 Å². The molecule has 4 rings (SSSR count). The van der Waals surface area contributed by atoms with Crippen LogP contribution in [0.3, 0.4) is 0 Å². The van der Waals surface area contributed by atoms with Crippen molar-refractivity contribution in [3.63, 3.8) is 0 Å². The maximum atomic E-state index is 12.6. The number of nitrogens with two attached hydrogens (primary N) is 1. The van der Waals surface area contributed by atoms with Crippen LogP contribution in [0, 0.1) is 5.92 Å². The zero-order valence-corrected chi connectivity index (χ0v) is 31.0. The first-order valence-electron chi connectivity index (χ1n) is 17.9. The number of halogens is 1. The second-order valence-electron chi connectivity index (χ2n) is 12.7. The topological polar surface area (TPSA) is 117 Å². The largest absolute Gasteiger partial charge is 0.593 e. The number of amides is 2. The van der Waals surface area contributed by atoms with E-state index < -0.39 is 17.3 Å². The van der Waals surface area contributed by atoms with E-state index in [-0.39, 0.29) is 5.91 Å². The molecule has 270 valence electrons. The minimum atomic E-state index is -1.43. The molecule has 3 aromatic rings. The predicted octanol–water partition coefficient (Wildman–Crippen LogP) is 7.98. The van der Waals surface area contributed by atoms with Gasteiger partial charge in [-0.3, -0.25) is 9.59 Å². The lowest BCUT2D eigenvalue weighted by Gasteiger charge is -2.27. The lowest BCUT2D eigenvalue weighted by Crippen LogP contribution is -2.32. The third-order valence-electron chi connectivity index (χ3n) is 9.14. The van der Waals surface area contributed by atoms with E-state index in [2.05, 4.69) is 41.7 Å². The van der Waals surface area contributed by atoms with Crippen molar-refractivity contribution in [3.8, 4) is 5.75 Å². The van der Waals surface area contributed by atoms with Gasteiger partial charge in [-0.05, 0) is 123 Å². The van der Waals surface area contributed by atoms with Crippen LogP contribution in [0.15, 0.2) is 72.8 Å². The van der Waals surface area contributed by atoms with Crippen molar-refractivity contribution in [1.82, 2.24) is 4.72 Å². The number of ether oxygens (including phenoxy) is 2. The van der Waals surface area contributed by atoms with Gasteiger partial charge >= 0.3 is 0 Å². The number of aryl methyl sites for hydroxylation is 1. The number of allylic oxidation sites excluding steroid dienone is 2. The van der Waals surface area contributed by atoms with Gasteiger partial charge in [0.25, 0.3) is 5.91 Å². The van der Waals surface area contributed by atoms with Gasteiger partial charge in [-0.25, -0.2) is 0 Å². The number of nitrogens with zero attached hydrogens (tertiary/aromatic N) is 1. The fraction of sp³-hybridized carbons (Fsp3) is 0.450. The van der Waals surface area contributed by atoms with Crippen molar-refractivity contribution in [2.45, 2.75) is 78.2 Å². The highest BCUT2D eigenvalue weighted by Crippen LogP contribution is 2.31. The molecule has 3 aromatic carbocycles. The zero-order chi connectivity index (χ0) is 35.7. The Hall–Kier alpha value is -3.50. The fourth-order valence-electron chi connectivity index (χ4n) is 6.08. The van der Waals surface area contributed by atoms with E-state index in [9.17, 15) is 14.1 Å². The van der Waals surface area contributed by atoms with Gasteiger partial charge in [-0.15, -0.1) is 0 Å². The van der Waals surface area contributed by atoms with Gasteiger partial charge in [0.15, 0.2) is 0 Å². The van der Waals surface area contributed by atoms with Crippen LogP contribution in [-0.2, 0) is 35.5 Å². The molecular weight excluding hydrogens is 670 g/mol. The van der Waals surface area contributed by atoms with E-state index >= 15 is 0 Å². The summed E-state index contributed by atoms with van der Waals surface area (Å²) in [7, 11) is 0. The summed E-state index contributed by atoms with van der Waals surface area (Å²) in [5.41, 5.74) is 11.0. The number of fused-ring (bicyclic) bond motifs is 1. The van der Waals surface area contributed by atoms with E-state index in [4.69, 9.17) is 26.8 Å². The summed E-state index contributed by atoms with van der Waals surface area (Å²) < 4.78 is 26.9. The smallest absolute Gasteiger partial charge is 0.292 e. The first-order chi connectivity index (χ1) is 24.3. The maximum absolute atomic E-state index is 12.6. The Bertz CT molecular complexity index is 1570. The number of nitrogens with one attached hydrogen (secondary N) is 1. The lowest BCUT2D eigenvalue weighted by atomic mass is 9.97. The molecule has 0 saturated carbocycles. The number of benzene rings is 3. The predicted molar refractivity (Wildman–Crippen MR) is 204 cm³/mol. The van der Waals surface area contributed by atoms with Crippen LogP contribution in [0.1, 0.15) is 96.2 Å². The SMILES string of the molecule is CC[C@@H](C/C=C/CCC[S+]([O-])NC(=O)c1ccc2c(c1)COCC2)CCN(CC)c1cc(C(N)=O)ccc1OCCCCc1cccc(Cl)c1. The molecule has 1 aliphatic heterocycles. The molecule has 2 amide bonds. The first-order valence-corrected chi connectivity index (χ1v) is 19.6. The van der Waals surface area contributed by atoms with E-state index in [1.165, 1.54) is 11.1 Å². The summed E-state index contributed by atoms with van der Waals surface area (Å²) in [4.78, 5) is 26.9. The zero-order valence-electron chi connectivity index (χ0n) is 29.5. The monoisotopic (exact) mass is 721 g/mol.